The number of anilines is 1. The van der Waals surface area contributed by atoms with Crippen LogP contribution < -0.4 is 15.3 Å². The van der Waals surface area contributed by atoms with Gasteiger partial charge < -0.3 is 29.2 Å². The topological polar surface area (TPSA) is 158 Å². The Balaban J connectivity index is 1.42. The average molecular weight is 618 g/mol. The summed E-state index contributed by atoms with van der Waals surface area (Å²) in [5.74, 6) is -0.931. The Hall–Kier alpha value is -3.06. The van der Waals surface area contributed by atoms with Crippen molar-refractivity contribution in [3.63, 3.8) is 0 Å². The highest BCUT2D eigenvalue weighted by Crippen LogP contribution is 2.51. The lowest BCUT2D eigenvalue weighted by atomic mass is 9.87. The molecule has 2 fully saturated rings. The van der Waals surface area contributed by atoms with E-state index >= 15 is 0 Å². The van der Waals surface area contributed by atoms with E-state index in [1.54, 1.807) is 16.6 Å². The van der Waals surface area contributed by atoms with Crippen LogP contribution in [0.2, 0.25) is 0 Å². The minimum Gasteiger partial charge on any atom is -0.468 e. The van der Waals surface area contributed by atoms with Crippen LogP contribution in [0.5, 0.6) is 5.75 Å². The molecule has 2 aliphatic rings. The minimum atomic E-state index is -4.16. The summed E-state index contributed by atoms with van der Waals surface area (Å²) < 4.78 is 51.7. The molecule has 0 spiro atoms. The van der Waals surface area contributed by atoms with Gasteiger partial charge in [-0.2, -0.15) is 10.2 Å². The largest absolute Gasteiger partial charge is 0.468 e. The van der Waals surface area contributed by atoms with Gasteiger partial charge in [0, 0.05) is 0 Å². The molecule has 13 nitrogen and oxygen atoms in total. The number of carbonyl (C=O) groups is 1. The van der Waals surface area contributed by atoms with Crippen molar-refractivity contribution in [2.75, 3.05) is 19.5 Å². The second kappa shape index (κ2) is 11.1. The van der Waals surface area contributed by atoms with Gasteiger partial charge in [-0.05, 0) is 62.9 Å². The molecule has 0 radical (unpaired) electrons. The number of nitrogen functional groups attached to an aromatic ring is 1. The SMILES string of the molecule is COC(=O)[C@H](C)NP(=O)(OC[C@H]1O[C@@](C)(c2ccc3c(N)ncnn23)[C@@H]2OC(C)(C)O[C@@H]21)Oc1ccc(C(C)(C)C)cc1. The Kier molecular flexibility index (Phi) is 8.12. The molecule has 14 heteroatoms. The molecule has 6 atom stereocenters. The number of ether oxygens (including phenoxy) is 4. The quantitative estimate of drug-likeness (QED) is 0.262. The van der Waals surface area contributed by atoms with Gasteiger partial charge in [-0.25, -0.2) is 14.1 Å². The van der Waals surface area contributed by atoms with Crippen LogP contribution in [0.25, 0.3) is 5.52 Å². The molecule has 0 amide bonds. The Labute approximate surface area is 250 Å². The molecule has 2 aromatic heterocycles. The lowest BCUT2D eigenvalue weighted by molar-refractivity contribution is -0.211. The summed E-state index contributed by atoms with van der Waals surface area (Å²) in [7, 11) is -2.91. The van der Waals surface area contributed by atoms with E-state index in [9.17, 15) is 9.36 Å². The highest BCUT2D eigenvalue weighted by atomic mass is 31.2. The third-order valence-corrected chi connectivity index (χ3v) is 9.33. The van der Waals surface area contributed by atoms with E-state index in [2.05, 4.69) is 35.9 Å². The van der Waals surface area contributed by atoms with Crippen LogP contribution in [0.15, 0.2) is 42.7 Å². The van der Waals surface area contributed by atoms with Crippen LogP contribution in [0.1, 0.15) is 59.7 Å². The normalized spacial score (nSPS) is 27.0. The lowest BCUT2D eigenvalue weighted by Crippen LogP contribution is -2.39. The van der Waals surface area contributed by atoms with Gasteiger partial charge in [0.2, 0.25) is 0 Å². The Morgan fingerprint density at radius 2 is 1.84 bits per heavy atom. The molecular weight excluding hydrogens is 577 g/mol. The van der Waals surface area contributed by atoms with E-state index < -0.39 is 49.5 Å². The number of rotatable bonds is 9. The third-order valence-electron chi connectivity index (χ3n) is 7.69. The smallest absolute Gasteiger partial charge is 0.459 e. The Bertz CT molecular complexity index is 1540. The number of aromatic nitrogens is 3. The van der Waals surface area contributed by atoms with Gasteiger partial charge in [0.05, 0.1) is 19.4 Å². The average Bonchev–Trinajstić information content (AvgIpc) is 3.58. The Morgan fingerprint density at radius 3 is 2.49 bits per heavy atom. The number of esters is 1. The first-order chi connectivity index (χ1) is 20.1. The molecule has 5 rings (SSSR count). The third kappa shape index (κ3) is 6.15. The van der Waals surface area contributed by atoms with Crippen molar-refractivity contribution in [3.05, 3.63) is 54.0 Å². The molecule has 1 unspecified atom stereocenters. The molecule has 0 aliphatic carbocycles. The van der Waals surface area contributed by atoms with Crippen molar-refractivity contribution in [2.24, 2.45) is 0 Å². The zero-order valence-electron chi connectivity index (χ0n) is 25.7. The molecule has 4 heterocycles. The standard InChI is InChI=1S/C29H40N5O8P/c1-17(26(35)37-8)33-43(36,42-19-11-9-18(10-12-19)27(2,3)4)38-15-21-23-24(41-28(5,6)40-23)29(7,39-21)22-14-13-20-25(30)31-16-32-34(20)22/h9-14,16-17,21,23-24H,15H2,1-8H3,(H,33,36)(H2,30,31,32)/t17-,21+,23+,24+,29-,43?/m0/s1. The number of nitrogens with one attached hydrogen (secondary N) is 1. The monoisotopic (exact) mass is 617 g/mol. The number of methoxy groups -OCH3 is 1. The fourth-order valence-electron chi connectivity index (χ4n) is 5.48. The summed E-state index contributed by atoms with van der Waals surface area (Å²) in [6, 6.07) is 9.88. The fourth-order valence-corrected chi connectivity index (χ4v) is 6.98. The number of benzene rings is 1. The second-order valence-electron chi connectivity index (χ2n) is 12.5. The molecular formula is C29H40N5O8P. The maximum atomic E-state index is 14.1. The molecule has 0 saturated carbocycles. The highest BCUT2D eigenvalue weighted by molar-refractivity contribution is 7.52. The lowest BCUT2D eigenvalue weighted by Gasteiger charge is -2.31. The van der Waals surface area contributed by atoms with Gasteiger partial charge >= 0.3 is 13.7 Å². The molecule has 1 aromatic carbocycles. The van der Waals surface area contributed by atoms with Gasteiger partial charge in [0.25, 0.3) is 0 Å². The first-order valence-electron chi connectivity index (χ1n) is 14.1. The number of nitrogens with two attached hydrogens (primary N) is 1. The van der Waals surface area contributed by atoms with Crippen molar-refractivity contribution >= 4 is 25.1 Å². The van der Waals surface area contributed by atoms with E-state index in [4.69, 9.17) is 33.7 Å². The van der Waals surface area contributed by atoms with Crippen molar-refractivity contribution in [1.82, 2.24) is 19.7 Å². The number of hydrogen-bond acceptors (Lipinski definition) is 11. The number of nitrogens with zero attached hydrogens (tertiary/aromatic N) is 3. The van der Waals surface area contributed by atoms with Crippen LogP contribution in [-0.4, -0.2) is 64.4 Å². The van der Waals surface area contributed by atoms with Gasteiger partial charge in [-0.3, -0.25) is 9.32 Å². The van der Waals surface area contributed by atoms with Crippen LogP contribution in [-0.2, 0) is 43.8 Å². The van der Waals surface area contributed by atoms with Gasteiger partial charge in [0.1, 0.15) is 47.5 Å². The molecule has 2 aliphatic heterocycles. The maximum absolute atomic E-state index is 14.1. The molecule has 3 N–H and O–H groups in total. The molecule has 234 valence electrons. The van der Waals surface area contributed by atoms with Crippen LogP contribution in [0.3, 0.4) is 0 Å². The predicted octanol–water partition coefficient (Wildman–Crippen LogP) is 4.10. The van der Waals surface area contributed by atoms with E-state index in [-0.39, 0.29) is 12.0 Å². The summed E-state index contributed by atoms with van der Waals surface area (Å²) in [6.45, 7) is 13.1. The Morgan fingerprint density at radius 1 is 1.14 bits per heavy atom. The zero-order valence-corrected chi connectivity index (χ0v) is 26.6. The van der Waals surface area contributed by atoms with E-state index in [0.717, 1.165) is 5.56 Å². The van der Waals surface area contributed by atoms with Crippen LogP contribution in [0, 0.1) is 0 Å². The number of carbonyl (C=O) groups excluding carboxylic acids is 1. The maximum Gasteiger partial charge on any atom is 0.459 e. The van der Waals surface area contributed by atoms with Crippen LogP contribution in [0.4, 0.5) is 5.82 Å². The van der Waals surface area contributed by atoms with Crippen molar-refractivity contribution < 1.29 is 37.4 Å². The van der Waals surface area contributed by atoms with E-state index in [1.807, 2.05) is 45.0 Å². The number of fused-ring (bicyclic) bond motifs is 2. The fraction of sp³-hybridized carbons (Fsp3) is 0.552. The van der Waals surface area contributed by atoms with E-state index in [1.165, 1.54) is 20.4 Å². The summed E-state index contributed by atoms with van der Waals surface area (Å²) in [5, 5.41) is 7.07. The molecule has 43 heavy (non-hydrogen) atoms. The molecule has 3 aromatic rings. The highest BCUT2D eigenvalue weighted by Gasteiger charge is 2.62. The van der Waals surface area contributed by atoms with Crippen molar-refractivity contribution in [1.29, 1.82) is 0 Å². The summed E-state index contributed by atoms with van der Waals surface area (Å²) in [6.07, 6.45) is -0.537. The number of hydrogen-bond donors (Lipinski definition) is 2. The minimum absolute atomic E-state index is 0.0838. The second-order valence-corrected chi connectivity index (χ2v) is 14.2. The predicted molar refractivity (Wildman–Crippen MR) is 157 cm³/mol. The van der Waals surface area contributed by atoms with Crippen molar-refractivity contribution in [2.45, 2.75) is 89.6 Å². The molecule has 2 saturated heterocycles. The first-order valence-corrected chi connectivity index (χ1v) is 15.6. The van der Waals surface area contributed by atoms with Gasteiger partial charge in [-0.15, -0.1) is 0 Å². The van der Waals surface area contributed by atoms with Crippen molar-refractivity contribution in [3.8, 4) is 5.75 Å². The van der Waals surface area contributed by atoms with Crippen LogP contribution >= 0.6 is 7.75 Å². The molecule has 0 bridgehead atoms. The summed E-state index contributed by atoms with van der Waals surface area (Å²) in [4.78, 5) is 16.3. The first kappa shape index (κ1) is 31.4. The summed E-state index contributed by atoms with van der Waals surface area (Å²) in [5.41, 5.74) is 7.30. The van der Waals surface area contributed by atoms with Gasteiger partial charge in [-0.1, -0.05) is 32.9 Å². The van der Waals surface area contributed by atoms with Gasteiger partial charge in [0.15, 0.2) is 11.6 Å². The zero-order chi connectivity index (χ0) is 31.4. The van der Waals surface area contributed by atoms with E-state index in [0.29, 0.717) is 22.8 Å². The summed E-state index contributed by atoms with van der Waals surface area (Å²) >= 11 is 0.